The van der Waals surface area contributed by atoms with Crippen LogP contribution in [0.4, 0.5) is 10.1 Å². The van der Waals surface area contributed by atoms with E-state index in [4.69, 9.17) is 16.3 Å². The molecule has 0 amide bonds. The van der Waals surface area contributed by atoms with Crippen molar-refractivity contribution in [3.05, 3.63) is 38.3 Å². The van der Waals surface area contributed by atoms with Crippen molar-refractivity contribution in [1.82, 2.24) is 9.24 Å². The van der Waals surface area contributed by atoms with E-state index < -0.39 is 17.1 Å². The van der Waals surface area contributed by atoms with E-state index in [1.54, 1.807) is 18.6 Å². The van der Waals surface area contributed by atoms with Gasteiger partial charge < -0.3 is 21.2 Å². The molecule has 4 N–H and O–H groups in total. The van der Waals surface area contributed by atoms with Gasteiger partial charge in [-0.05, 0) is 31.2 Å². The molecular formula is C21H30FN5O3. The Morgan fingerprint density at radius 2 is 2.00 bits per heavy atom. The molecule has 164 valence electrons. The molecule has 2 aromatic rings. The van der Waals surface area contributed by atoms with Crippen LogP contribution in [-0.2, 0) is 4.74 Å². The third-order valence-corrected chi connectivity index (χ3v) is 6.69. The summed E-state index contributed by atoms with van der Waals surface area (Å²) in [6, 6.07) is 1.04. The number of nitrogens with two attached hydrogens (primary N) is 2. The lowest BCUT2D eigenvalue weighted by atomic mass is 9.78. The standard InChI is InChI=1S/C21H30FN5O3/c1-11-17-13(19(28)27(24)20(29)26(17)12-5-6-12)7-15(22)18(11)25-8-14(16(23)9-30-4)21(2,3)10-25/h7,12,14,16H,5-6,8-10,23-24H2,1-4H3/t14?,16-/m1/s1. The van der Waals surface area contributed by atoms with Gasteiger partial charge in [0.05, 0.1) is 23.2 Å². The number of hydrogen-bond acceptors (Lipinski definition) is 6. The van der Waals surface area contributed by atoms with Gasteiger partial charge >= 0.3 is 5.69 Å². The summed E-state index contributed by atoms with van der Waals surface area (Å²) in [4.78, 5) is 27.3. The Morgan fingerprint density at radius 3 is 2.60 bits per heavy atom. The molecule has 2 fully saturated rings. The van der Waals surface area contributed by atoms with Gasteiger partial charge in [0.15, 0.2) is 0 Å². The number of rotatable bonds is 5. The molecule has 1 saturated heterocycles. The highest BCUT2D eigenvalue weighted by Crippen LogP contribution is 2.43. The van der Waals surface area contributed by atoms with E-state index in [1.165, 1.54) is 6.07 Å². The summed E-state index contributed by atoms with van der Waals surface area (Å²) < 4.78 is 22.7. The van der Waals surface area contributed by atoms with E-state index in [9.17, 15) is 9.59 Å². The second-order valence-corrected chi connectivity index (χ2v) is 9.38. The van der Waals surface area contributed by atoms with Crippen molar-refractivity contribution in [2.24, 2.45) is 17.1 Å². The number of benzene rings is 1. The van der Waals surface area contributed by atoms with E-state index in [0.29, 0.717) is 41.1 Å². The molecule has 2 heterocycles. The first-order chi connectivity index (χ1) is 14.1. The second-order valence-electron chi connectivity index (χ2n) is 9.38. The Labute approximate surface area is 174 Å². The summed E-state index contributed by atoms with van der Waals surface area (Å²) in [6.07, 6.45) is 1.67. The van der Waals surface area contributed by atoms with E-state index in [0.717, 1.165) is 12.8 Å². The first-order valence-electron chi connectivity index (χ1n) is 10.3. The summed E-state index contributed by atoms with van der Waals surface area (Å²) in [5.41, 5.74) is 6.45. The molecular weight excluding hydrogens is 389 g/mol. The van der Waals surface area contributed by atoms with Crippen molar-refractivity contribution in [3.8, 4) is 0 Å². The van der Waals surface area contributed by atoms with Gasteiger partial charge in [-0.3, -0.25) is 9.36 Å². The molecule has 2 aliphatic rings. The Hall–Kier alpha value is -2.39. The number of aromatic nitrogens is 2. The van der Waals surface area contributed by atoms with Crippen molar-refractivity contribution in [3.63, 3.8) is 0 Å². The van der Waals surface area contributed by atoms with Gasteiger partial charge in [0.25, 0.3) is 5.56 Å². The highest BCUT2D eigenvalue weighted by atomic mass is 19.1. The highest BCUT2D eigenvalue weighted by molar-refractivity contribution is 5.87. The zero-order chi connectivity index (χ0) is 22.0. The Balaban J connectivity index is 1.89. The quantitative estimate of drug-likeness (QED) is 0.703. The first-order valence-corrected chi connectivity index (χ1v) is 10.3. The molecule has 0 spiro atoms. The lowest BCUT2D eigenvalue weighted by molar-refractivity contribution is 0.130. The van der Waals surface area contributed by atoms with Crippen LogP contribution in [0.15, 0.2) is 15.7 Å². The number of nitrogen functional groups attached to an aromatic ring is 1. The number of nitrogens with zero attached hydrogens (tertiary/aromatic N) is 3. The van der Waals surface area contributed by atoms with Crippen LogP contribution in [0.3, 0.4) is 0 Å². The van der Waals surface area contributed by atoms with Crippen molar-refractivity contribution in [2.45, 2.75) is 45.7 Å². The normalized spacial score (nSPS) is 22.1. The molecule has 30 heavy (non-hydrogen) atoms. The summed E-state index contributed by atoms with van der Waals surface area (Å²) in [6.45, 7) is 7.62. The molecule has 1 aliphatic heterocycles. The lowest BCUT2D eigenvalue weighted by Crippen LogP contribution is -2.44. The topological polar surface area (TPSA) is 109 Å². The zero-order valence-corrected chi connectivity index (χ0v) is 17.9. The van der Waals surface area contributed by atoms with E-state index in [2.05, 4.69) is 13.8 Å². The van der Waals surface area contributed by atoms with E-state index >= 15 is 4.39 Å². The Bertz CT molecular complexity index is 1120. The molecule has 2 atom stereocenters. The third-order valence-electron chi connectivity index (χ3n) is 6.69. The van der Waals surface area contributed by atoms with Gasteiger partial charge in [-0.2, -0.15) is 4.68 Å². The molecule has 1 aromatic carbocycles. The van der Waals surface area contributed by atoms with Crippen molar-refractivity contribution >= 4 is 16.6 Å². The largest absolute Gasteiger partial charge is 0.383 e. The average Bonchev–Trinajstić information content (AvgIpc) is 3.44. The fourth-order valence-electron chi connectivity index (χ4n) is 5.07. The van der Waals surface area contributed by atoms with Gasteiger partial charge in [0, 0.05) is 43.8 Å². The average molecular weight is 420 g/mol. The first kappa shape index (κ1) is 20.9. The maximum atomic E-state index is 15.3. The van der Waals surface area contributed by atoms with Crippen LogP contribution in [0, 0.1) is 24.1 Å². The molecule has 1 aromatic heterocycles. The van der Waals surface area contributed by atoms with Crippen LogP contribution >= 0.6 is 0 Å². The fourth-order valence-corrected chi connectivity index (χ4v) is 5.07. The van der Waals surface area contributed by atoms with Crippen LogP contribution in [-0.4, -0.2) is 42.1 Å². The highest BCUT2D eigenvalue weighted by Gasteiger charge is 2.44. The molecule has 1 aliphatic carbocycles. The van der Waals surface area contributed by atoms with Gasteiger partial charge in [-0.15, -0.1) is 0 Å². The maximum absolute atomic E-state index is 15.3. The molecule has 0 bridgehead atoms. The second kappa shape index (κ2) is 7.09. The molecule has 1 unspecified atom stereocenters. The molecule has 8 nitrogen and oxygen atoms in total. The van der Waals surface area contributed by atoms with Crippen LogP contribution in [0.25, 0.3) is 10.9 Å². The minimum absolute atomic E-state index is 0.00898. The summed E-state index contributed by atoms with van der Waals surface area (Å²) in [5, 5.41) is 0.133. The monoisotopic (exact) mass is 419 g/mol. The van der Waals surface area contributed by atoms with Crippen molar-refractivity contribution in [2.75, 3.05) is 37.5 Å². The lowest BCUT2D eigenvalue weighted by Gasteiger charge is -2.29. The molecule has 4 rings (SSSR count). The van der Waals surface area contributed by atoms with Crippen molar-refractivity contribution in [1.29, 1.82) is 0 Å². The van der Waals surface area contributed by atoms with Gasteiger partial charge in [-0.1, -0.05) is 13.8 Å². The third kappa shape index (κ3) is 3.11. The fraction of sp³-hybridized carbons (Fsp3) is 0.619. The zero-order valence-electron chi connectivity index (χ0n) is 17.9. The van der Waals surface area contributed by atoms with Crippen LogP contribution in [0.2, 0.25) is 0 Å². The molecule has 0 radical (unpaired) electrons. The van der Waals surface area contributed by atoms with Gasteiger partial charge in [0.2, 0.25) is 0 Å². The number of halogens is 1. The van der Waals surface area contributed by atoms with Crippen LogP contribution < -0.4 is 27.7 Å². The van der Waals surface area contributed by atoms with E-state index in [1.807, 2.05) is 4.90 Å². The van der Waals surface area contributed by atoms with Gasteiger partial charge in [0.1, 0.15) is 5.82 Å². The molecule has 1 saturated carbocycles. The number of methoxy groups -OCH3 is 1. The smallest absolute Gasteiger partial charge is 0.350 e. The van der Waals surface area contributed by atoms with Crippen molar-refractivity contribution < 1.29 is 9.13 Å². The van der Waals surface area contributed by atoms with Crippen LogP contribution in [0.1, 0.15) is 38.3 Å². The van der Waals surface area contributed by atoms with Gasteiger partial charge in [-0.25, -0.2) is 9.18 Å². The van der Waals surface area contributed by atoms with E-state index in [-0.39, 0.29) is 28.8 Å². The summed E-state index contributed by atoms with van der Waals surface area (Å²) in [7, 11) is 1.62. The number of ether oxygens (including phenoxy) is 1. The molecule has 9 heteroatoms. The van der Waals surface area contributed by atoms with Crippen LogP contribution in [0.5, 0.6) is 0 Å². The Morgan fingerprint density at radius 1 is 1.33 bits per heavy atom. The predicted molar refractivity (Wildman–Crippen MR) is 115 cm³/mol. The number of anilines is 1. The minimum Gasteiger partial charge on any atom is -0.383 e. The number of fused-ring (bicyclic) bond motifs is 1. The maximum Gasteiger partial charge on any atom is 0.350 e. The predicted octanol–water partition coefficient (Wildman–Crippen LogP) is 1.10. The number of aryl methyl sites for hydroxylation is 1. The number of hydrogen-bond donors (Lipinski definition) is 2. The summed E-state index contributed by atoms with van der Waals surface area (Å²) >= 11 is 0. The Kier molecular flexibility index (Phi) is 4.93. The SMILES string of the molecule is COC[C@@H](N)C1CN(c2c(F)cc3c(=O)n(N)c(=O)n(C4CC4)c3c2C)CC1(C)C. The minimum atomic E-state index is -0.679. The summed E-state index contributed by atoms with van der Waals surface area (Å²) in [5.74, 6) is 5.32.